The molecule has 0 spiro atoms. The summed E-state index contributed by atoms with van der Waals surface area (Å²) in [5.74, 6) is -0.545. The zero-order valence-electron chi connectivity index (χ0n) is 15.5. The van der Waals surface area contributed by atoms with Gasteiger partial charge in [-0.3, -0.25) is 14.9 Å². The Morgan fingerprint density at radius 2 is 2.00 bits per heavy atom. The highest BCUT2D eigenvalue weighted by Crippen LogP contribution is 2.15. The number of hydrogen-bond donors (Lipinski definition) is 3. The lowest BCUT2D eigenvalue weighted by Gasteiger charge is -2.26. The number of ketones is 1. The molecule has 0 atom stereocenters. The number of carbonyl (C=O) groups is 2. The first-order valence-corrected chi connectivity index (χ1v) is 8.64. The largest absolute Gasteiger partial charge is 0.480 e. The number of nitrogens with one attached hydrogen (secondary N) is 1. The fourth-order valence-corrected chi connectivity index (χ4v) is 2.69. The Kier molecular flexibility index (Phi) is 7.08. The molecule has 0 bridgehead atoms. The summed E-state index contributed by atoms with van der Waals surface area (Å²) in [6.07, 6.45) is 1.50. The number of rotatable bonds is 8. The van der Waals surface area contributed by atoms with Crippen LogP contribution in [0.15, 0.2) is 53.6 Å². The Bertz CT molecular complexity index is 711. The molecular weight excluding hydrogens is 332 g/mol. The SMILES string of the molecule is CNCC1=CC(=O)C(OCc2ccccc2)=C(C(=O)N(CN)C(C)C)[NH2+]1. The smallest absolute Gasteiger partial charge is 0.313 e. The number of nitrogens with two attached hydrogens (primary N) is 2. The molecule has 1 aromatic carbocycles. The number of ether oxygens (including phenoxy) is 1. The molecule has 140 valence electrons. The van der Waals surface area contributed by atoms with E-state index in [1.54, 1.807) is 12.4 Å². The van der Waals surface area contributed by atoms with E-state index in [1.807, 2.05) is 44.2 Å². The van der Waals surface area contributed by atoms with Gasteiger partial charge in [-0.1, -0.05) is 30.3 Å². The lowest BCUT2D eigenvalue weighted by molar-refractivity contribution is -0.553. The summed E-state index contributed by atoms with van der Waals surface area (Å²) in [6.45, 7) is 4.53. The van der Waals surface area contributed by atoms with Crippen LogP contribution in [-0.2, 0) is 20.9 Å². The Balaban J connectivity index is 2.31. The highest BCUT2D eigenvalue weighted by atomic mass is 16.5. The normalized spacial score (nSPS) is 14.5. The molecule has 0 radical (unpaired) electrons. The number of quaternary nitrogens is 1. The lowest BCUT2D eigenvalue weighted by atomic mass is 10.1. The Hall–Kier alpha value is -2.48. The fourth-order valence-electron chi connectivity index (χ4n) is 2.69. The van der Waals surface area contributed by atoms with Crippen LogP contribution in [0.1, 0.15) is 19.4 Å². The molecule has 0 aliphatic carbocycles. The topological polar surface area (TPSA) is 101 Å². The number of benzene rings is 1. The highest BCUT2D eigenvalue weighted by Gasteiger charge is 2.35. The summed E-state index contributed by atoms with van der Waals surface area (Å²) in [4.78, 5) is 27.1. The van der Waals surface area contributed by atoms with E-state index in [1.165, 1.54) is 11.0 Å². The van der Waals surface area contributed by atoms with Gasteiger partial charge in [0.1, 0.15) is 12.3 Å². The zero-order chi connectivity index (χ0) is 19.1. The first-order valence-electron chi connectivity index (χ1n) is 8.64. The molecule has 0 saturated heterocycles. The van der Waals surface area contributed by atoms with Crippen LogP contribution in [0.3, 0.4) is 0 Å². The van der Waals surface area contributed by atoms with Crippen LogP contribution in [-0.4, -0.2) is 42.9 Å². The van der Waals surface area contributed by atoms with Crippen molar-refractivity contribution < 1.29 is 19.6 Å². The van der Waals surface area contributed by atoms with E-state index < -0.39 is 0 Å². The van der Waals surface area contributed by atoms with Crippen LogP contribution < -0.4 is 16.4 Å². The maximum absolute atomic E-state index is 13.0. The van der Waals surface area contributed by atoms with E-state index in [0.29, 0.717) is 6.54 Å². The molecule has 1 aliphatic rings. The molecule has 1 heterocycles. The van der Waals surface area contributed by atoms with Gasteiger partial charge >= 0.3 is 5.91 Å². The van der Waals surface area contributed by atoms with Gasteiger partial charge in [-0.2, -0.15) is 0 Å². The molecule has 0 fully saturated rings. The van der Waals surface area contributed by atoms with E-state index in [-0.39, 0.29) is 42.5 Å². The van der Waals surface area contributed by atoms with Gasteiger partial charge in [-0.15, -0.1) is 0 Å². The second kappa shape index (κ2) is 9.28. The minimum absolute atomic E-state index is 0.0674. The molecule has 0 saturated carbocycles. The number of hydrogen-bond acceptors (Lipinski definition) is 5. The average Bonchev–Trinajstić information content (AvgIpc) is 2.61. The van der Waals surface area contributed by atoms with Crippen LogP contribution in [0.5, 0.6) is 0 Å². The first-order chi connectivity index (χ1) is 12.5. The van der Waals surface area contributed by atoms with Crippen LogP contribution >= 0.6 is 0 Å². The lowest BCUT2D eigenvalue weighted by Crippen LogP contribution is -2.85. The number of nitrogens with zero attached hydrogens (tertiary/aromatic N) is 1. The molecule has 1 aromatic rings. The van der Waals surface area contributed by atoms with Crippen LogP contribution in [0, 0.1) is 0 Å². The quantitative estimate of drug-likeness (QED) is 0.559. The van der Waals surface area contributed by atoms with Gasteiger partial charge in [0, 0.05) is 12.1 Å². The Morgan fingerprint density at radius 1 is 1.31 bits per heavy atom. The number of carbonyl (C=O) groups excluding carboxylic acids is 2. The van der Waals surface area contributed by atoms with Crippen molar-refractivity contribution in [1.29, 1.82) is 0 Å². The Morgan fingerprint density at radius 3 is 2.58 bits per heavy atom. The zero-order valence-corrected chi connectivity index (χ0v) is 15.5. The third-order valence-electron chi connectivity index (χ3n) is 4.03. The molecule has 2 rings (SSSR count). The maximum Gasteiger partial charge on any atom is 0.313 e. The van der Waals surface area contributed by atoms with Gasteiger partial charge in [0.2, 0.25) is 17.2 Å². The van der Waals surface area contributed by atoms with E-state index in [9.17, 15) is 9.59 Å². The van der Waals surface area contributed by atoms with Crippen LogP contribution in [0.4, 0.5) is 0 Å². The molecular formula is C19H27N4O3+. The summed E-state index contributed by atoms with van der Waals surface area (Å²) in [5, 5.41) is 4.69. The third-order valence-corrected chi connectivity index (χ3v) is 4.03. The van der Waals surface area contributed by atoms with Crippen molar-refractivity contribution in [1.82, 2.24) is 10.2 Å². The molecule has 1 amide bonds. The first kappa shape index (κ1) is 19.8. The standard InChI is InChI=1S/C19H26N4O3/c1-13(2)23(12-20)19(25)17-18(16(24)9-15(22-17)10-21-3)26-11-14-7-5-4-6-8-14/h4-9,13,21H,10-12,20H2,1-3H3,(H,22,24)/p+1. The second-order valence-electron chi connectivity index (χ2n) is 6.33. The number of amides is 1. The van der Waals surface area contributed by atoms with E-state index >= 15 is 0 Å². The van der Waals surface area contributed by atoms with Crippen molar-refractivity contribution in [3.63, 3.8) is 0 Å². The van der Waals surface area contributed by atoms with E-state index in [4.69, 9.17) is 10.5 Å². The second-order valence-corrected chi connectivity index (χ2v) is 6.33. The van der Waals surface area contributed by atoms with Crippen molar-refractivity contribution in [2.45, 2.75) is 26.5 Å². The molecule has 0 unspecified atom stereocenters. The van der Waals surface area contributed by atoms with Crippen LogP contribution in [0.2, 0.25) is 0 Å². The minimum Gasteiger partial charge on any atom is -0.480 e. The molecule has 5 N–H and O–H groups in total. The summed E-state index contributed by atoms with van der Waals surface area (Å²) in [7, 11) is 1.78. The van der Waals surface area contributed by atoms with Gasteiger partial charge < -0.3 is 20.7 Å². The molecule has 1 aliphatic heterocycles. The molecule has 26 heavy (non-hydrogen) atoms. The highest BCUT2D eigenvalue weighted by molar-refractivity contribution is 6.09. The van der Waals surface area contributed by atoms with Crippen molar-refractivity contribution in [2.75, 3.05) is 20.3 Å². The number of allylic oxidation sites excluding steroid dienone is 1. The summed E-state index contributed by atoms with van der Waals surface area (Å²) in [6, 6.07) is 9.42. The summed E-state index contributed by atoms with van der Waals surface area (Å²) >= 11 is 0. The fraction of sp³-hybridized carbons (Fsp3) is 0.368. The summed E-state index contributed by atoms with van der Waals surface area (Å²) < 4.78 is 5.76. The van der Waals surface area contributed by atoms with Crippen molar-refractivity contribution in [3.05, 3.63) is 59.1 Å². The maximum atomic E-state index is 13.0. The molecule has 7 nitrogen and oxygen atoms in total. The van der Waals surface area contributed by atoms with Gasteiger partial charge in [-0.25, -0.2) is 0 Å². The molecule has 0 aromatic heterocycles. The average molecular weight is 359 g/mol. The summed E-state index contributed by atoms with van der Waals surface area (Å²) in [5.41, 5.74) is 7.63. The van der Waals surface area contributed by atoms with E-state index in [0.717, 1.165) is 11.3 Å². The van der Waals surface area contributed by atoms with Gasteiger partial charge in [0.25, 0.3) is 0 Å². The van der Waals surface area contributed by atoms with Crippen molar-refractivity contribution in [2.24, 2.45) is 5.73 Å². The third kappa shape index (κ3) is 4.78. The molecule has 7 heteroatoms. The van der Waals surface area contributed by atoms with E-state index in [2.05, 4.69) is 5.32 Å². The van der Waals surface area contributed by atoms with Crippen molar-refractivity contribution >= 4 is 11.7 Å². The minimum atomic E-state index is -0.308. The van der Waals surface area contributed by atoms with Gasteiger partial charge in [0.05, 0.1) is 13.2 Å². The van der Waals surface area contributed by atoms with Crippen molar-refractivity contribution in [3.8, 4) is 0 Å². The predicted molar refractivity (Wildman–Crippen MR) is 98.2 cm³/mol. The number of likely N-dealkylation sites (N-methyl/N-ethyl adjacent to an activating group) is 1. The van der Waals surface area contributed by atoms with Gasteiger partial charge in [0.15, 0.2) is 0 Å². The van der Waals surface area contributed by atoms with Gasteiger partial charge in [-0.05, 0) is 26.5 Å². The van der Waals surface area contributed by atoms with Crippen LogP contribution in [0.25, 0.3) is 0 Å². The monoisotopic (exact) mass is 359 g/mol. The Labute approximate surface area is 153 Å². The predicted octanol–water partition coefficient (Wildman–Crippen LogP) is -0.183.